The zero-order valence-electron chi connectivity index (χ0n) is 28.1. The van der Waals surface area contributed by atoms with Crippen LogP contribution in [0, 0.1) is 0 Å². The van der Waals surface area contributed by atoms with Gasteiger partial charge in [0.2, 0.25) is 5.91 Å². The largest absolute Gasteiger partial charge is 0.488 e. The molecule has 14 nitrogen and oxygen atoms in total. The molecule has 5 rings (SSSR count). The number of carbonyl (C=O) groups is 4. The smallest absolute Gasteiger partial charge is 0.434 e. The van der Waals surface area contributed by atoms with Crippen molar-refractivity contribution in [2.75, 3.05) is 0 Å². The normalized spacial score (nSPS) is 10.7. The van der Waals surface area contributed by atoms with Gasteiger partial charge in [0.05, 0.1) is 11.3 Å². The maximum Gasteiger partial charge on any atom is 0.434 e. The molecule has 51 heavy (non-hydrogen) atoms. The van der Waals surface area contributed by atoms with Crippen molar-refractivity contribution in [3.63, 3.8) is 0 Å². The van der Waals surface area contributed by atoms with Crippen LogP contribution in [0.1, 0.15) is 48.9 Å². The van der Waals surface area contributed by atoms with E-state index < -0.39 is 29.6 Å². The van der Waals surface area contributed by atoms with E-state index in [0.717, 1.165) is 23.6 Å². The lowest BCUT2D eigenvalue weighted by atomic mass is 9.98. The van der Waals surface area contributed by atoms with Gasteiger partial charge in [-0.15, -0.1) is 0 Å². The van der Waals surface area contributed by atoms with E-state index >= 15 is 0 Å². The van der Waals surface area contributed by atoms with Crippen molar-refractivity contribution in [1.82, 2.24) is 30.9 Å². The second-order valence-electron chi connectivity index (χ2n) is 11.6. The van der Waals surface area contributed by atoms with Crippen LogP contribution in [0.2, 0.25) is 0 Å². The molecule has 4 N–H and O–H groups in total. The Morgan fingerprint density at radius 2 is 1.39 bits per heavy atom. The molecule has 0 bridgehead atoms. The number of hydrogen-bond acceptors (Lipinski definition) is 9. The third-order valence-electron chi connectivity index (χ3n) is 7.48. The Balaban J connectivity index is 1.40. The van der Waals surface area contributed by atoms with Gasteiger partial charge in [0.15, 0.2) is 5.82 Å². The van der Waals surface area contributed by atoms with Crippen molar-refractivity contribution in [1.29, 1.82) is 0 Å². The Morgan fingerprint density at radius 1 is 0.784 bits per heavy atom. The van der Waals surface area contributed by atoms with E-state index in [9.17, 15) is 24.0 Å². The molecule has 262 valence electrons. The van der Waals surface area contributed by atoms with Crippen LogP contribution in [0.5, 0.6) is 11.5 Å². The van der Waals surface area contributed by atoms with E-state index in [2.05, 4.69) is 20.3 Å². The van der Waals surface area contributed by atoms with Gasteiger partial charge in [0.25, 0.3) is 0 Å². The van der Waals surface area contributed by atoms with Gasteiger partial charge in [-0.25, -0.2) is 29.5 Å². The third-order valence-corrected chi connectivity index (χ3v) is 7.48. The number of aromatic amines is 1. The number of aromatic nitrogens is 3. The first-order chi connectivity index (χ1) is 24.6. The number of nitrogens with zero attached hydrogens (tertiary/aromatic N) is 2. The summed E-state index contributed by atoms with van der Waals surface area (Å²) in [7, 11) is 0. The Kier molecular flexibility index (Phi) is 11.6. The number of carbonyl (C=O) groups excluding carboxylic acids is 4. The zero-order valence-corrected chi connectivity index (χ0v) is 28.1. The predicted octanol–water partition coefficient (Wildman–Crippen LogP) is 4.43. The third kappa shape index (κ3) is 9.47. The van der Waals surface area contributed by atoms with E-state index in [4.69, 9.17) is 9.47 Å². The highest BCUT2D eigenvalue weighted by Gasteiger charge is 2.23. The minimum Gasteiger partial charge on any atom is -0.488 e. The summed E-state index contributed by atoms with van der Waals surface area (Å²) < 4.78 is 18.4. The fraction of sp³-hybridized carbons (Fsp3) is 0.189. The number of esters is 1. The fourth-order valence-corrected chi connectivity index (χ4v) is 4.95. The maximum atomic E-state index is 13.2. The van der Waals surface area contributed by atoms with Gasteiger partial charge in [-0.2, -0.15) is 5.10 Å². The van der Waals surface area contributed by atoms with Gasteiger partial charge in [0.1, 0.15) is 24.7 Å². The van der Waals surface area contributed by atoms with Crippen LogP contribution in [0.4, 0.5) is 4.79 Å². The van der Waals surface area contributed by atoms with Crippen LogP contribution in [0.25, 0.3) is 17.1 Å². The van der Waals surface area contributed by atoms with E-state index in [0.29, 0.717) is 40.7 Å². The molecule has 0 saturated carbocycles. The van der Waals surface area contributed by atoms with Crippen molar-refractivity contribution in [3.05, 3.63) is 130 Å². The minimum absolute atomic E-state index is 0.0511. The summed E-state index contributed by atoms with van der Waals surface area (Å²) in [5.74, 6) is -1.78. The van der Waals surface area contributed by atoms with Gasteiger partial charge in [0, 0.05) is 19.5 Å². The lowest BCUT2D eigenvalue weighted by molar-refractivity contribution is -0.150. The molecule has 1 aromatic heterocycles. The molecule has 0 radical (unpaired) electrons. The first-order valence-electron chi connectivity index (χ1n) is 15.9. The first kappa shape index (κ1) is 35.6. The Morgan fingerprint density at radius 3 is 1.98 bits per heavy atom. The van der Waals surface area contributed by atoms with Crippen molar-refractivity contribution in [3.8, 4) is 28.6 Å². The summed E-state index contributed by atoms with van der Waals surface area (Å²) in [4.78, 5) is 59.6. The standard InChI is InChI=1S/C37H36N6O8/c1-23(2)29-18-30(32(50-22-27-12-8-5-9-13-27)19-31(29)49-21-26-10-6-4-7-11-26)33-40-41-36(47)43(33)28-16-14-25(15-17-28)20-38-34(45)35(46)51-37(48)42-39-24(3)44/h4-19,23H,20-22H2,1-3H3,(H,38,45)(H,39,44)(H,41,47)(H,42,48). The van der Waals surface area contributed by atoms with Crippen LogP contribution in [-0.2, 0) is 38.9 Å². The highest BCUT2D eigenvalue weighted by Crippen LogP contribution is 2.39. The van der Waals surface area contributed by atoms with E-state index in [-0.39, 0.29) is 19.1 Å². The first-order valence-corrected chi connectivity index (χ1v) is 15.9. The quantitative estimate of drug-likeness (QED) is 0.0674. The minimum atomic E-state index is -1.47. The number of amides is 3. The molecule has 0 unspecified atom stereocenters. The number of H-pyrrole nitrogens is 1. The average molecular weight is 693 g/mol. The van der Waals surface area contributed by atoms with Crippen molar-refractivity contribution in [2.24, 2.45) is 0 Å². The van der Waals surface area contributed by atoms with Gasteiger partial charge in [-0.1, -0.05) is 86.6 Å². The molecule has 3 amide bonds. The molecule has 0 aliphatic carbocycles. The fourth-order valence-electron chi connectivity index (χ4n) is 4.95. The molecule has 5 aromatic rings. The number of nitrogens with one attached hydrogen (secondary N) is 4. The van der Waals surface area contributed by atoms with Crippen molar-refractivity contribution >= 4 is 23.9 Å². The van der Waals surface area contributed by atoms with Crippen LogP contribution < -0.4 is 31.3 Å². The topological polar surface area (TPSA) is 183 Å². The molecule has 1 heterocycles. The van der Waals surface area contributed by atoms with Crippen LogP contribution in [0.3, 0.4) is 0 Å². The van der Waals surface area contributed by atoms with Crippen LogP contribution >= 0.6 is 0 Å². The number of hydrazine groups is 1. The van der Waals surface area contributed by atoms with E-state index in [1.54, 1.807) is 24.3 Å². The summed E-state index contributed by atoms with van der Waals surface area (Å²) in [5.41, 5.74) is 7.72. The van der Waals surface area contributed by atoms with Gasteiger partial charge < -0.3 is 19.5 Å². The molecule has 4 aromatic carbocycles. The van der Waals surface area contributed by atoms with E-state index in [1.807, 2.05) is 97.5 Å². The monoisotopic (exact) mass is 692 g/mol. The molecular formula is C37H36N6O8. The molecule has 0 fully saturated rings. The molecule has 0 atom stereocenters. The number of rotatable bonds is 11. The van der Waals surface area contributed by atoms with Gasteiger partial charge in [-0.3, -0.25) is 15.0 Å². The zero-order chi connectivity index (χ0) is 36.3. The second-order valence-corrected chi connectivity index (χ2v) is 11.6. The van der Waals surface area contributed by atoms with Crippen LogP contribution in [0.15, 0.2) is 102 Å². The molecular weight excluding hydrogens is 656 g/mol. The maximum absolute atomic E-state index is 13.2. The summed E-state index contributed by atoms with van der Waals surface area (Å²) in [5, 5.41) is 9.29. The van der Waals surface area contributed by atoms with Crippen molar-refractivity contribution < 1.29 is 33.4 Å². The Labute approximate surface area is 292 Å². The number of ether oxygens (including phenoxy) is 3. The summed E-state index contributed by atoms with van der Waals surface area (Å²) in [6.45, 7) is 5.76. The summed E-state index contributed by atoms with van der Waals surface area (Å²) >= 11 is 0. The lowest BCUT2D eigenvalue weighted by Gasteiger charge is -2.20. The molecule has 0 spiro atoms. The van der Waals surface area contributed by atoms with E-state index in [1.165, 1.54) is 4.57 Å². The Hall–Kier alpha value is -6.70. The molecule has 14 heteroatoms. The van der Waals surface area contributed by atoms with Gasteiger partial charge in [-0.05, 0) is 46.4 Å². The summed E-state index contributed by atoms with van der Waals surface area (Å²) in [6.07, 6.45) is -1.32. The highest BCUT2D eigenvalue weighted by atomic mass is 16.6. The Bertz CT molecular complexity index is 2060. The van der Waals surface area contributed by atoms with Crippen LogP contribution in [-0.4, -0.2) is 38.6 Å². The molecule has 0 aliphatic heterocycles. The predicted molar refractivity (Wildman–Crippen MR) is 186 cm³/mol. The molecule has 0 saturated heterocycles. The number of hydrogen-bond donors (Lipinski definition) is 4. The second kappa shape index (κ2) is 16.6. The van der Waals surface area contributed by atoms with Crippen molar-refractivity contribution in [2.45, 2.75) is 46.4 Å². The number of benzene rings is 4. The highest BCUT2D eigenvalue weighted by molar-refractivity contribution is 6.34. The SMILES string of the molecule is CC(=O)NNC(=O)OC(=O)C(=O)NCc1ccc(-n2c(-c3cc(C(C)C)c(OCc4ccccc4)cc3OCc3ccccc3)n[nH]c2=O)cc1. The summed E-state index contributed by atoms with van der Waals surface area (Å²) in [6, 6.07) is 29.9. The van der Waals surface area contributed by atoms with Gasteiger partial charge >= 0.3 is 23.7 Å². The molecule has 0 aliphatic rings. The lowest BCUT2D eigenvalue weighted by Crippen LogP contribution is -2.43. The average Bonchev–Trinajstić information content (AvgIpc) is 3.52.